The largest absolute Gasteiger partial charge is 0.435 e. The lowest BCUT2D eigenvalue weighted by atomic mass is 10.1. The van der Waals surface area contributed by atoms with Gasteiger partial charge in [-0.15, -0.1) is 0 Å². The summed E-state index contributed by atoms with van der Waals surface area (Å²) in [6.07, 6.45) is 0.477. The third kappa shape index (κ3) is 5.03. The molecule has 0 bridgehead atoms. The highest BCUT2D eigenvalue weighted by atomic mass is 32.3. The highest BCUT2D eigenvalue weighted by Gasteiger charge is 2.29. The first-order chi connectivity index (χ1) is 17.2. The van der Waals surface area contributed by atoms with Crippen LogP contribution in [0.1, 0.15) is 16.8 Å². The Labute approximate surface area is 205 Å². The summed E-state index contributed by atoms with van der Waals surface area (Å²) in [6, 6.07) is 16.4. The van der Waals surface area contributed by atoms with Crippen molar-refractivity contribution in [2.24, 2.45) is 0 Å². The van der Waals surface area contributed by atoms with E-state index in [1.165, 1.54) is 36.4 Å². The summed E-state index contributed by atoms with van der Waals surface area (Å²) in [5.41, 5.74) is 2.39. The van der Waals surface area contributed by atoms with E-state index in [1.54, 1.807) is 35.0 Å². The molecular weight excluding hydrogens is 495 g/mol. The van der Waals surface area contributed by atoms with Crippen LogP contribution in [-0.2, 0) is 0 Å². The topological polar surface area (TPSA) is 96.6 Å². The summed E-state index contributed by atoms with van der Waals surface area (Å²) in [6.45, 7) is -2.97. The Balaban J connectivity index is 1.57. The van der Waals surface area contributed by atoms with Crippen LogP contribution in [0.2, 0.25) is 0 Å². The average Bonchev–Trinajstić information content (AvgIpc) is 3.38. The van der Waals surface area contributed by atoms with Gasteiger partial charge in [0.05, 0.1) is 17.0 Å². The number of fused-ring (bicyclic) bond motifs is 1. The third-order valence-electron chi connectivity index (χ3n) is 5.94. The van der Waals surface area contributed by atoms with Crippen molar-refractivity contribution in [2.75, 3.05) is 11.5 Å². The normalized spacial score (nSPS) is 17.9. The number of alkyl halides is 2. The minimum atomic E-state index is -2.97. The number of rotatable bonds is 6. The predicted octanol–water partition coefficient (Wildman–Crippen LogP) is 5.69. The molecule has 188 valence electrons. The molecule has 1 fully saturated rings. The molecule has 1 unspecified atom stereocenters. The van der Waals surface area contributed by atoms with Crippen molar-refractivity contribution in [3.8, 4) is 22.7 Å². The lowest BCUT2D eigenvalue weighted by Crippen LogP contribution is -2.35. The van der Waals surface area contributed by atoms with Crippen LogP contribution in [-0.4, -0.2) is 49.0 Å². The Morgan fingerprint density at radius 1 is 1.11 bits per heavy atom. The van der Waals surface area contributed by atoms with Crippen LogP contribution in [0.3, 0.4) is 0 Å². The molecule has 0 saturated carbocycles. The molecule has 3 aromatic carbocycles. The molecule has 11 heteroatoms. The van der Waals surface area contributed by atoms with Crippen LogP contribution in [0, 0.1) is 5.82 Å². The number of hydrogen-bond donors (Lipinski definition) is 3. The average molecular weight is 518 g/mol. The molecule has 1 aliphatic rings. The van der Waals surface area contributed by atoms with Gasteiger partial charge in [0.25, 0.3) is 5.91 Å². The van der Waals surface area contributed by atoms with E-state index in [2.05, 4.69) is 15.2 Å². The first-order valence-corrected chi connectivity index (χ1v) is 13.0. The van der Waals surface area contributed by atoms with Gasteiger partial charge in [-0.05, 0) is 61.0 Å². The number of nitrogens with zero attached hydrogens (tertiary/aromatic N) is 2. The molecule has 3 N–H and O–H groups in total. The summed E-state index contributed by atoms with van der Waals surface area (Å²) in [5.74, 6) is -0.443. The lowest BCUT2D eigenvalue weighted by molar-refractivity contribution is -0.0498. The number of hydrogen-bond acceptors (Lipinski definition) is 5. The zero-order valence-corrected chi connectivity index (χ0v) is 19.6. The Morgan fingerprint density at radius 2 is 1.89 bits per heavy atom. The maximum atomic E-state index is 13.6. The van der Waals surface area contributed by atoms with Crippen molar-refractivity contribution < 1.29 is 31.8 Å². The standard InChI is InChI=1S/C25H22F3N3O4S/c26-17-5-7-19(8-6-17)31-22-13-16(24(32)29-18-10-11-36(33,34)14-18)4-9-21(22)23(30-31)15-2-1-3-20(12-15)35-25(27)28/h1-9,12-13,18,25,33-34H,10-11,14H2,(H,29,32). The molecule has 0 aliphatic carbocycles. The van der Waals surface area contributed by atoms with Gasteiger partial charge in [-0.1, -0.05) is 12.1 Å². The molecule has 1 saturated heterocycles. The van der Waals surface area contributed by atoms with Gasteiger partial charge in [-0.25, -0.2) is 9.07 Å². The molecule has 0 spiro atoms. The Bertz CT molecular complexity index is 1430. The molecule has 0 radical (unpaired) electrons. The van der Waals surface area contributed by atoms with E-state index in [0.717, 1.165) is 0 Å². The van der Waals surface area contributed by atoms with Crippen LogP contribution in [0.25, 0.3) is 27.8 Å². The quantitative estimate of drug-likeness (QED) is 0.306. The van der Waals surface area contributed by atoms with Crippen LogP contribution in [0.5, 0.6) is 5.75 Å². The van der Waals surface area contributed by atoms with Crippen molar-refractivity contribution in [2.45, 2.75) is 19.1 Å². The van der Waals surface area contributed by atoms with Gasteiger partial charge < -0.3 is 10.1 Å². The van der Waals surface area contributed by atoms with Gasteiger partial charge in [0.2, 0.25) is 0 Å². The van der Waals surface area contributed by atoms with E-state index in [9.17, 15) is 27.1 Å². The maximum Gasteiger partial charge on any atom is 0.387 e. The predicted molar refractivity (Wildman–Crippen MR) is 132 cm³/mol. The molecule has 36 heavy (non-hydrogen) atoms. The van der Waals surface area contributed by atoms with Crippen molar-refractivity contribution in [1.82, 2.24) is 15.1 Å². The monoisotopic (exact) mass is 517 g/mol. The highest BCUT2D eigenvalue weighted by molar-refractivity contribution is 8.24. The van der Waals surface area contributed by atoms with Crippen LogP contribution in [0.15, 0.2) is 66.7 Å². The van der Waals surface area contributed by atoms with Crippen molar-refractivity contribution in [1.29, 1.82) is 0 Å². The zero-order chi connectivity index (χ0) is 25.4. The Kier molecular flexibility index (Phi) is 6.37. The summed E-state index contributed by atoms with van der Waals surface area (Å²) in [4.78, 5) is 12.9. The van der Waals surface area contributed by atoms with Crippen molar-refractivity contribution in [3.05, 3.63) is 78.1 Å². The Morgan fingerprint density at radius 3 is 2.58 bits per heavy atom. The van der Waals surface area contributed by atoms with E-state index in [1.807, 2.05) is 0 Å². The number of amides is 1. The summed E-state index contributed by atoms with van der Waals surface area (Å²) in [7, 11) is -2.66. The summed E-state index contributed by atoms with van der Waals surface area (Å²) >= 11 is 0. The SMILES string of the molecule is O=C(NC1CCS(O)(O)C1)c1ccc2c(-c3cccc(OC(F)F)c3)nn(-c3ccc(F)cc3)c2c1. The second kappa shape index (κ2) is 9.49. The number of halogens is 3. The number of carbonyl (C=O) groups is 1. The fraction of sp³-hybridized carbons (Fsp3) is 0.200. The van der Waals surface area contributed by atoms with E-state index in [0.29, 0.717) is 39.8 Å². The van der Waals surface area contributed by atoms with Crippen LogP contribution >= 0.6 is 10.6 Å². The first kappa shape index (κ1) is 24.2. The van der Waals surface area contributed by atoms with Gasteiger partial charge in [-0.2, -0.15) is 24.5 Å². The van der Waals surface area contributed by atoms with E-state index >= 15 is 0 Å². The summed E-state index contributed by atoms with van der Waals surface area (Å²) < 4.78 is 64.8. The van der Waals surface area contributed by atoms with Crippen LogP contribution < -0.4 is 10.1 Å². The second-order valence-corrected chi connectivity index (χ2v) is 10.9. The molecule has 2 heterocycles. The minimum absolute atomic E-state index is 0.0227. The van der Waals surface area contributed by atoms with Crippen molar-refractivity contribution in [3.63, 3.8) is 0 Å². The first-order valence-electron chi connectivity index (χ1n) is 11.1. The van der Waals surface area contributed by atoms with Gasteiger partial charge in [0.1, 0.15) is 17.3 Å². The van der Waals surface area contributed by atoms with Gasteiger partial charge in [0.15, 0.2) is 0 Å². The molecule has 1 atom stereocenters. The van der Waals surface area contributed by atoms with Gasteiger partial charge in [-0.3, -0.25) is 13.9 Å². The second-order valence-electron chi connectivity index (χ2n) is 8.51. The fourth-order valence-electron chi connectivity index (χ4n) is 4.27. The van der Waals surface area contributed by atoms with Crippen LogP contribution in [0.4, 0.5) is 13.2 Å². The fourth-order valence-corrected chi connectivity index (χ4v) is 5.99. The maximum absolute atomic E-state index is 13.6. The molecule has 4 aromatic rings. The van der Waals surface area contributed by atoms with Gasteiger partial charge >= 0.3 is 6.61 Å². The van der Waals surface area contributed by atoms with Crippen molar-refractivity contribution >= 4 is 27.4 Å². The minimum Gasteiger partial charge on any atom is -0.435 e. The molecule has 7 nitrogen and oxygen atoms in total. The number of ether oxygens (including phenoxy) is 1. The molecular formula is C25H22F3N3O4S. The van der Waals surface area contributed by atoms with Gasteiger partial charge in [0, 0.05) is 28.3 Å². The van der Waals surface area contributed by atoms with E-state index in [4.69, 9.17) is 0 Å². The number of benzene rings is 3. The number of aromatic nitrogens is 2. The number of nitrogens with one attached hydrogen (secondary N) is 1. The van der Waals surface area contributed by atoms with E-state index in [-0.39, 0.29) is 29.2 Å². The number of carbonyl (C=O) groups excluding carboxylic acids is 1. The summed E-state index contributed by atoms with van der Waals surface area (Å²) in [5, 5.41) is 8.14. The molecule has 1 amide bonds. The molecule has 5 rings (SSSR count). The molecule has 1 aromatic heterocycles. The highest BCUT2D eigenvalue weighted by Crippen LogP contribution is 2.45. The Hall–Kier alpha value is -3.54. The smallest absolute Gasteiger partial charge is 0.387 e. The third-order valence-corrected chi connectivity index (χ3v) is 7.77. The lowest BCUT2D eigenvalue weighted by Gasteiger charge is -2.26. The van der Waals surface area contributed by atoms with E-state index < -0.39 is 23.0 Å². The zero-order valence-electron chi connectivity index (χ0n) is 18.8. The molecule has 1 aliphatic heterocycles.